The fourth-order valence-electron chi connectivity index (χ4n) is 4.42. The number of likely N-dealkylation sites (tertiary alicyclic amines) is 1. The van der Waals surface area contributed by atoms with Crippen LogP contribution in [0, 0.1) is 5.92 Å². The minimum absolute atomic E-state index is 0.333. The van der Waals surface area contributed by atoms with Crippen molar-refractivity contribution in [3.8, 4) is 0 Å². The van der Waals surface area contributed by atoms with Gasteiger partial charge in [0, 0.05) is 12.6 Å². The van der Waals surface area contributed by atoms with Gasteiger partial charge in [0.25, 0.3) is 0 Å². The van der Waals surface area contributed by atoms with Crippen molar-refractivity contribution in [2.45, 2.75) is 57.4 Å². The molecule has 0 saturated carbocycles. The van der Waals surface area contributed by atoms with Crippen LogP contribution in [0.15, 0.2) is 24.3 Å². The molecule has 0 spiro atoms. The largest absolute Gasteiger partial charge is 0.330 e. The second-order valence-corrected chi connectivity index (χ2v) is 7.61. The molecule has 2 N–H and O–H groups in total. The first-order valence-electron chi connectivity index (χ1n) is 8.65. The van der Waals surface area contributed by atoms with Crippen molar-refractivity contribution in [2.75, 3.05) is 19.6 Å². The van der Waals surface area contributed by atoms with Crippen molar-refractivity contribution in [2.24, 2.45) is 11.7 Å². The fraction of sp³-hybridized carbons (Fsp3) is 0.684. The first kappa shape index (κ1) is 15.1. The first-order valence-corrected chi connectivity index (χ1v) is 8.65. The van der Waals surface area contributed by atoms with E-state index >= 15 is 0 Å². The molecular weight excluding hydrogens is 256 g/mol. The van der Waals surface area contributed by atoms with Crippen molar-refractivity contribution >= 4 is 0 Å². The van der Waals surface area contributed by atoms with Crippen LogP contribution in [0.1, 0.15) is 63.1 Å². The zero-order valence-corrected chi connectivity index (χ0v) is 13.6. The zero-order valence-electron chi connectivity index (χ0n) is 13.6. The van der Waals surface area contributed by atoms with Gasteiger partial charge in [-0.2, -0.15) is 0 Å². The molecule has 1 aliphatic carbocycles. The summed E-state index contributed by atoms with van der Waals surface area (Å²) in [5, 5.41) is 0. The lowest BCUT2D eigenvalue weighted by Crippen LogP contribution is -2.42. The summed E-state index contributed by atoms with van der Waals surface area (Å²) in [6.07, 6.45) is 6.50. The van der Waals surface area contributed by atoms with Crippen molar-refractivity contribution in [1.29, 1.82) is 0 Å². The number of nitrogens with two attached hydrogens (primary N) is 1. The summed E-state index contributed by atoms with van der Waals surface area (Å²) in [5.74, 6) is 0.811. The van der Waals surface area contributed by atoms with E-state index < -0.39 is 0 Å². The van der Waals surface area contributed by atoms with Gasteiger partial charge in [-0.05, 0) is 67.7 Å². The smallest absolute Gasteiger partial charge is 0.0351 e. The lowest BCUT2D eigenvalue weighted by atomic mass is 9.70. The minimum Gasteiger partial charge on any atom is -0.330 e. The molecule has 2 heteroatoms. The molecule has 1 aromatic carbocycles. The lowest BCUT2D eigenvalue weighted by Gasteiger charge is -2.44. The molecule has 2 nitrogen and oxygen atoms in total. The van der Waals surface area contributed by atoms with E-state index in [1.165, 1.54) is 45.2 Å². The highest BCUT2D eigenvalue weighted by Crippen LogP contribution is 2.44. The van der Waals surface area contributed by atoms with Crippen molar-refractivity contribution in [3.05, 3.63) is 35.4 Å². The van der Waals surface area contributed by atoms with Gasteiger partial charge in [-0.1, -0.05) is 38.1 Å². The molecule has 1 fully saturated rings. The first-order chi connectivity index (χ1) is 10.1. The van der Waals surface area contributed by atoms with E-state index in [2.05, 4.69) is 43.0 Å². The lowest BCUT2D eigenvalue weighted by molar-refractivity contribution is 0.101. The third-order valence-corrected chi connectivity index (χ3v) is 5.66. The van der Waals surface area contributed by atoms with E-state index in [-0.39, 0.29) is 0 Å². The Kier molecular flexibility index (Phi) is 4.37. The summed E-state index contributed by atoms with van der Waals surface area (Å²) in [5.41, 5.74) is 9.27. The topological polar surface area (TPSA) is 29.3 Å². The molecule has 0 aromatic heterocycles. The van der Waals surface area contributed by atoms with Crippen LogP contribution >= 0.6 is 0 Å². The maximum absolute atomic E-state index is 5.78. The van der Waals surface area contributed by atoms with E-state index in [0.717, 1.165) is 12.5 Å². The molecule has 1 heterocycles. The van der Waals surface area contributed by atoms with Gasteiger partial charge < -0.3 is 5.73 Å². The van der Waals surface area contributed by atoms with Gasteiger partial charge in [-0.15, -0.1) is 0 Å². The third-order valence-electron chi connectivity index (χ3n) is 5.66. The number of hydrogen-bond acceptors (Lipinski definition) is 2. The Balaban J connectivity index is 1.83. The van der Waals surface area contributed by atoms with Gasteiger partial charge in [0.2, 0.25) is 0 Å². The van der Waals surface area contributed by atoms with E-state index in [1.807, 2.05) is 0 Å². The molecular formula is C19H30N2. The molecule has 0 bridgehead atoms. The predicted molar refractivity (Wildman–Crippen MR) is 89.4 cm³/mol. The average Bonchev–Trinajstić information content (AvgIpc) is 2.48. The Labute approximate surface area is 129 Å². The Hall–Kier alpha value is -0.860. The van der Waals surface area contributed by atoms with Crippen LogP contribution in [-0.4, -0.2) is 24.5 Å². The van der Waals surface area contributed by atoms with Gasteiger partial charge in [0.15, 0.2) is 0 Å². The van der Waals surface area contributed by atoms with E-state index in [4.69, 9.17) is 5.73 Å². The van der Waals surface area contributed by atoms with Crippen LogP contribution in [0.5, 0.6) is 0 Å². The van der Waals surface area contributed by atoms with E-state index in [1.54, 1.807) is 11.1 Å². The van der Waals surface area contributed by atoms with Crippen LogP contribution in [0.3, 0.4) is 0 Å². The highest BCUT2D eigenvalue weighted by molar-refractivity contribution is 5.38. The fourth-order valence-corrected chi connectivity index (χ4v) is 4.42. The quantitative estimate of drug-likeness (QED) is 0.914. The predicted octanol–water partition coefficient (Wildman–Crippen LogP) is 3.86. The summed E-state index contributed by atoms with van der Waals surface area (Å²) >= 11 is 0. The second kappa shape index (κ2) is 6.10. The average molecular weight is 286 g/mol. The summed E-state index contributed by atoms with van der Waals surface area (Å²) in [6.45, 7) is 8.15. The van der Waals surface area contributed by atoms with Crippen molar-refractivity contribution in [3.63, 3.8) is 0 Å². The maximum atomic E-state index is 5.78. The summed E-state index contributed by atoms with van der Waals surface area (Å²) < 4.78 is 0. The van der Waals surface area contributed by atoms with Crippen LogP contribution in [-0.2, 0) is 5.41 Å². The SMILES string of the molecule is CC1(C)CCC(N2CCCC(CCN)C2)c2ccccc21. The highest BCUT2D eigenvalue weighted by atomic mass is 15.2. The Morgan fingerprint density at radius 3 is 2.86 bits per heavy atom. The second-order valence-electron chi connectivity index (χ2n) is 7.61. The van der Waals surface area contributed by atoms with Gasteiger partial charge >= 0.3 is 0 Å². The standard InChI is InChI=1S/C19H30N2/c1-19(2)11-9-18(16-7-3-4-8-17(16)19)21-13-5-6-15(14-21)10-12-20/h3-4,7-8,15,18H,5-6,9-14,20H2,1-2H3. The highest BCUT2D eigenvalue weighted by Gasteiger charge is 2.36. The molecule has 2 aliphatic rings. The summed E-state index contributed by atoms with van der Waals surface area (Å²) in [4.78, 5) is 2.75. The van der Waals surface area contributed by atoms with Crippen LogP contribution < -0.4 is 5.73 Å². The van der Waals surface area contributed by atoms with Crippen molar-refractivity contribution in [1.82, 2.24) is 4.90 Å². The molecule has 2 atom stereocenters. The van der Waals surface area contributed by atoms with Gasteiger partial charge in [-0.3, -0.25) is 4.90 Å². The minimum atomic E-state index is 0.333. The number of fused-ring (bicyclic) bond motifs is 1. The number of nitrogens with zero attached hydrogens (tertiary/aromatic N) is 1. The number of rotatable bonds is 3. The summed E-state index contributed by atoms with van der Waals surface area (Å²) in [7, 11) is 0. The van der Waals surface area contributed by atoms with Gasteiger partial charge in [0.05, 0.1) is 0 Å². The Morgan fingerprint density at radius 2 is 2.05 bits per heavy atom. The summed E-state index contributed by atoms with van der Waals surface area (Å²) in [6, 6.07) is 9.77. The molecule has 3 rings (SSSR count). The number of piperidine rings is 1. The van der Waals surface area contributed by atoms with Gasteiger partial charge in [0.1, 0.15) is 0 Å². The van der Waals surface area contributed by atoms with Crippen LogP contribution in [0.2, 0.25) is 0 Å². The normalized spacial score (nSPS) is 29.1. The zero-order chi connectivity index (χ0) is 14.9. The van der Waals surface area contributed by atoms with Gasteiger partial charge in [-0.25, -0.2) is 0 Å². The van der Waals surface area contributed by atoms with Crippen molar-refractivity contribution < 1.29 is 0 Å². The monoisotopic (exact) mass is 286 g/mol. The molecule has 1 saturated heterocycles. The van der Waals surface area contributed by atoms with Crippen LogP contribution in [0.4, 0.5) is 0 Å². The molecule has 1 aromatic rings. The van der Waals surface area contributed by atoms with Crippen LogP contribution in [0.25, 0.3) is 0 Å². The molecule has 21 heavy (non-hydrogen) atoms. The number of benzene rings is 1. The third kappa shape index (κ3) is 3.02. The molecule has 0 amide bonds. The van der Waals surface area contributed by atoms with E-state index in [9.17, 15) is 0 Å². The maximum Gasteiger partial charge on any atom is 0.0351 e. The Bertz CT molecular complexity index is 478. The molecule has 0 radical (unpaired) electrons. The molecule has 116 valence electrons. The Morgan fingerprint density at radius 1 is 1.24 bits per heavy atom. The number of hydrogen-bond donors (Lipinski definition) is 1. The van der Waals surface area contributed by atoms with E-state index in [0.29, 0.717) is 11.5 Å². The molecule has 1 aliphatic heterocycles. The molecule has 2 unspecified atom stereocenters.